The lowest BCUT2D eigenvalue weighted by Gasteiger charge is -2.20. The summed E-state index contributed by atoms with van der Waals surface area (Å²) in [4.78, 5) is 17.3. The first-order valence-corrected chi connectivity index (χ1v) is 9.75. The van der Waals surface area contributed by atoms with Crippen LogP contribution in [-0.2, 0) is 0 Å². The number of oxazole rings is 2. The number of rotatable bonds is 2. The van der Waals surface area contributed by atoms with E-state index in [4.69, 9.17) is 14.6 Å². The van der Waals surface area contributed by atoms with Crippen LogP contribution in [-0.4, -0.2) is 9.55 Å². The van der Waals surface area contributed by atoms with Crippen molar-refractivity contribution in [1.82, 2.24) is 9.55 Å². The molecule has 0 bridgehead atoms. The number of anilines is 1. The molecule has 152 valence electrons. The van der Waals surface area contributed by atoms with E-state index in [0.29, 0.717) is 5.69 Å². The van der Waals surface area contributed by atoms with Crippen molar-refractivity contribution in [3.05, 3.63) is 97.8 Å². The Morgan fingerprint density at radius 2 is 1.81 bits per heavy atom. The molecule has 1 unspecified atom stereocenters. The molecule has 5 rings (SSSR count). The van der Waals surface area contributed by atoms with Crippen LogP contribution in [0, 0.1) is 25.2 Å². The molecule has 0 aliphatic carbocycles. The maximum atomic E-state index is 12.9. The standard InChI is InChI=1S/C24H18N4O3/c1-13-7-3-5-9-15(13)11-18-23(29)30-21-17(12-25)19(16-10-6-4-8-14(16)2)20-22(28(18)21)31-24(26)27-20/h3-11,19H,1-2H3,(H2,26,27)/b18-11+. The molecule has 0 amide bonds. The van der Waals surface area contributed by atoms with Crippen LogP contribution >= 0.6 is 0 Å². The van der Waals surface area contributed by atoms with Crippen molar-refractivity contribution in [2.45, 2.75) is 19.8 Å². The highest BCUT2D eigenvalue weighted by Crippen LogP contribution is 2.38. The van der Waals surface area contributed by atoms with Gasteiger partial charge in [0.25, 0.3) is 6.01 Å². The Kier molecular flexibility index (Phi) is 4.15. The number of aryl methyl sites for hydroxylation is 2. The molecule has 1 aliphatic heterocycles. The second kappa shape index (κ2) is 6.89. The largest absolute Gasteiger partial charge is 0.406 e. The minimum absolute atomic E-state index is 0.0447. The molecule has 0 radical (unpaired) electrons. The number of aromatic nitrogens is 2. The molecule has 3 heterocycles. The Labute approximate surface area is 177 Å². The number of hydrogen-bond donors (Lipinski definition) is 1. The molecule has 2 aromatic carbocycles. The zero-order chi connectivity index (χ0) is 21.7. The maximum Gasteiger partial charge on any atom is 0.362 e. The first-order valence-electron chi connectivity index (χ1n) is 9.75. The molecular weight excluding hydrogens is 392 g/mol. The van der Waals surface area contributed by atoms with Gasteiger partial charge in [-0.1, -0.05) is 48.5 Å². The summed E-state index contributed by atoms with van der Waals surface area (Å²) in [6.07, 6.45) is 1.72. The first kappa shape index (κ1) is 18.7. The topological polar surface area (TPSA) is 111 Å². The van der Waals surface area contributed by atoms with Crippen molar-refractivity contribution in [2.75, 3.05) is 5.73 Å². The van der Waals surface area contributed by atoms with Gasteiger partial charge in [-0.2, -0.15) is 10.2 Å². The van der Waals surface area contributed by atoms with E-state index in [9.17, 15) is 10.1 Å². The summed E-state index contributed by atoms with van der Waals surface area (Å²) in [5.41, 5.74) is 9.90. The van der Waals surface area contributed by atoms with Crippen LogP contribution in [0.1, 0.15) is 33.9 Å². The number of nitrogens with two attached hydrogens (primary N) is 1. The molecule has 0 saturated carbocycles. The summed E-state index contributed by atoms with van der Waals surface area (Å²) >= 11 is 0. The molecule has 7 heteroatoms. The van der Waals surface area contributed by atoms with Crippen LogP contribution in [0.2, 0.25) is 0 Å². The van der Waals surface area contributed by atoms with E-state index < -0.39 is 11.5 Å². The second-order valence-corrected chi connectivity index (χ2v) is 7.47. The summed E-state index contributed by atoms with van der Waals surface area (Å²) < 4.78 is 12.8. The predicted octanol–water partition coefficient (Wildman–Crippen LogP) is 2.27. The van der Waals surface area contributed by atoms with Crippen LogP contribution in [0.4, 0.5) is 6.01 Å². The third-order valence-electron chi connectivity index (χ3n) is 5.59. The third-order valence-corrected chi connectivity index (χ3v) is 5.59. The van der Waals surface area contributed by atoms with Gasteiger partial charge in [0, 0.05) is 0 Å². The van der Waals surface area contributed by atoms with Crippen LogP contribution < -0.4 is 22.3 Å². The fourth-order valence-electron chi connectivity index (χ4n) is 4.06. The van der Waals surface area contributed by atoms with Gasteiger partial charge < -0.3 is 14.6 Å². The Morgan fingerprint density at radius 1 is 1.10 bits per heavy atom. The van der Waals surface area contributed by atoms with Crippen molar-refractivity contribution in [3.8, 4) is 12.0 Å². The van der Waals surface area contributed by atoms with E-state index in [-0.39, 0.29) is 28.4 Å². The zero-order valence-electron chi connectivity index (χ0n) is 16.9. The van der Waals surface area contributed by atoms with Crippen molar-refractivity contribution < 1.29 is 8.83 Å². The lowest BCUT2D eigenvalue weighted by atomic mass is 9.85. The monoisotopic (exact) mass is 410 g/mol. The van der Waals surface area contributed by atoms with Crippen molar-refractivity contribution >= 4 is 17.7 Å². The number of nitrogens with zero attached hydrogens (tertiary/aromatic N) is 3. The zero-order valence-corrected chi connectivity index (χ0v) is 16.9. The highest BCUT2D eigenvalue weighted by Gasteiger charge is 2.36. The van der Waals surface area contributed by atoms with Crippen molar-refractivity contribution in [1.29, 1.82) is 5.26 Å². The van der Waals surface area contributed by atoms with Crippen molar-refractivity contribution in [3.63, 3.8) is 0 Å². The van der Waals surface area contributed by atoms with Gasteiger partial charge in [0.05, 0.1) is 5.92 Å². The van der Waals surface area contributed by atoms with Crippen molar-refractivity contribution in [2.24, 2.45) is 0 Å². The molecule has 0 spiro atoms. The maximum absolute atomic E-state index is 12.9. The predicted molar refractivity (Wildman–Crippen MR) is 115 cm³/mol. The van der Waals surface area contributed by atoms with Gasteiger partial charge in [0.2, 0.25) is 11.4 Å². The summed E-state index contributed by atoms with van der Waals surface area (Å²) in [6, 6.07) is 17.5. The molecule has 31 heavy (non-hydrogen) atoms. The van der Waals surface area contributed by atoms with Gasteiger partial charge in [0.1, 0.15) is 22.7 Å². The quantitative estimate of drug-likeness (QED) is 0.543. The average molecular weight is 410 g/mol. The molecular formula is C24H18N4O3. The fourth-order valence-corrected chi connectivity index (χ4v) is 4.06. The summed E-state index contributed by atoms with van der Waals surface area (Å²) in [6.45, 7) is 3.90. The van der Waals surface area contributed by atoms with E-state index in [1.807, 2.05) is 62.4 Å². The minimum atomic E-state index is -0.572. The lowest BCUT2D eigenvalue weighted by molar-refractivity contribution is 0.455. The number of nitriles is 1. The summed E-state index contributed by atoms with van der Waals surface area (Å²) in [5, 5.41) is 10.3. The number of nitrogen functional groups attached to an aromatic ring is 1. The molecule has 4 aromatic rings. The fraction of sp³-hybridized carbons (Fsp3) is 0.125. The molecule has 1 atom stereocenters. The molecule has 7 nitrogen and oxygen atoms in total. The summed E-state index contributed by atoms with van der Waals surface area (Å²) in [5.74, 6) is -0.274. The highest BCUT2D eigenvalue weighted by atomic mass is 16.4. The molecule has 0 saturated heterocycles. The number of hydrogen-bond acceptors (Lipinski definition) is 6. The van der Waals surface area contributed by atoms with Gasteiger partial charge in [-0.15, -0.1) is 0 Å². The smallest absolute Gasteiger partial charge is 0.362 e. The van der Waals surface area contributed by atoms with Gasteiger partial charge in [-0.25, -0.2) is 9.36 Å². The van der Waals surface area contributed by atoms with Gasteiger partial charge in [-0.3, -0.25) is 0 Å². The Balaban J connectivity index is 1.92. The Bertz CT molecular complexity index is 1560. The van der Waals surface area contributed by atoms with E-state index in [0.717, 1.165) is 22.3 Å². The third kappa shape index (κ3) is 2.81. The Morgan fingerprint density at radius 3 is 2.52 bits per heavy atom. The lowest BCUT2D eigenvalue weighted by Crippen LogP contribution is -2.35. The number of benzene rings is 2. The normalized spacial score (nSPS) is 15.5. The van der Waals surface area contributed by atoms with E-state index >= 15 is 0 Å². The van der Waals surface area contributed by atoms with Crippen LogP contribution in [0.15, 0.2) is 62.2 Å². The SMILES string of the molecule is Cc1ccccc1/C=c1\c(=O)oc2n1-c1oc(N)nc1C(c1ccccc1C)C=2C#N. The van der Waals surface area contributed by atoms with Crippen LogP contribution in [0.3, 0.4) is 0 Å². The van der Waals surface area contributed by atoms with Gasteiger partial charge >= 0.3 is 5.63 Å². The molecule has 2 aromatic heterocycles. The van der Waals surface area contributed by atoms with E-state index in [1.165, 1.54) is 4.57 Å². The van der Waals surface area contributed by atoms with E-state index in [1.54, 1.807) is 6.08 Å². The minimum Gasteiger partial charge on any atom is -0.406 e. The van der Waals surface area contributed by atoms with Gasteiger partial charge in [-0.05, 0) is 42.2 Å². The molecule has 1 aliphatic rings. The molecule has 0 fully saturated rings. The first-order chi connectivity index (χ1) is 15.0. The Hall–Kier alpha value is -4.31. The van der Waals surface area contributed by atoms with E-state index in [2.05, 4.69) is 11.1 Å². The average Bonchev–Trinajstić information content (AvgIpc) is 3.28. The number of fused-ring (bicyclic) bond motifs is 3. The second-order valence-electron chi connectivity index (χ2n) is 7.47. The van der Waals surface area contributed by atoms with Gasteiger partial charge in [0.15, 0.2) is 0 Å². The summed E-state index contributed by atoms with van der Waals surface area (Å²) in [7, 11) is 0. The van der Waals surface area contributed by atoms with Crippen LogP contribution in [0.25, 0.3) is 17.5 Å². The van der Waals surface area contributed by atoms with Crippen LogP contribution in [0.5, 0.6) is 0 Å². The molecule has 2 N–H and O–H groups in total. The highest BCUT2D eigenvalue weighted by molar-refractivity contribution is 5.73.